The Morgan fingerprint density at radius 1 is 1.07 bits per heavy atom. The van der Waals surface area contributed by atoms with Crippen LogP contribution in [0.15, 0.2) is 47.3 Å². The van der Waals surface area contributed by atoms with Gasteiger partial charge in [0, 0.05) is 30.0 Å². The number of aliphatic hydroxyl groups excluding tert-OH is 4. The van der Waals surface area contributed by atoms with Crippen LogP contribution in [0.5, 0.6) is 0 Å². The van der Waals surface area contributed by atoms with E-state index in [1.54, 1.807) is 13.8 Å². The van der Waals surface area contributed by atoms with E-state index in [4.69, 9.17) is 10.5 Å². The molecule has 5 fully saturated rings. The molecule has 11 nitrogen and oxygen atoms in total. The van der Waals surface area contributed by atoms with Gasteiger partial charge >= 0.3 is 0 Å². The molecule has 8 rings (SSSR count). The summed E-state index contributed by atoms with van der Waals surface area (Å²) in [5, 5.41) is 78.5. The average molecular weight is 794 g/mol. The van der Waals surface area contributed by atoms with Crippen molar-refractivity contribution in [3.05, 3.63) is 47.3 Å². The molecule has 19 unspecified atom stereocenters. The van der Waals surface area contributed by atoms with Crippen LogP contribution < -0.4 is 16.4 Å². The molecule has 0 amide bonds. The zero-order valence-electron chi connectivity index (χ0n) is 34.8. The van der Waals surface area contributed by atoms with Gasteiger partial charge in [0.2, 0.25) is 0 Å². The molecule has 0 aromatic heterocycles. The largest absolute Gasteiger partial charge is 0.392 e. The molecule has 318 valence electrons. The summed E-state index contributed by atoms with van der Waals surface area (Å²) in [6, 6.07) is 0. The van der Waals surface area contributed by atoms with Crippen LogP contribution in [-0.2, 0) is 9.53 Å². The van der Waals surface area contributed by atoms with Crippen LogP contribution in [0.2, 0.25) is 0 Å². The van der Waals surface area contributed by atoms with Gasteiger partial charge in [0.1, 0.15) is 6.10 Å². The molecule has 1 spiro atoms. The molecule has 8 aliphatic rings. The molecule has 0 aromatic rings. The Morgan fingerprint density at radius 3 is 2.53 bits per heavy atom. The van der Waals surface area contributed by atoms with Gasteiger partial charge in [0.15, 0.2) is 5.78 Å². The highest BCUT2D eigenvalue weighted by atomic mass is 16.5. The lowest BCUT2D eigenvalue weighted by atomic mass is 9.41. The number of nitrogens with two attached hydrogens (primary N) is 1. The number of aliphatic hydroxyl groups is 6. The Balaban J connectivity index is 1.20. The normalized spacial score (nSPS) is 48.6. The van der Waals surface area contributed by atoms with E-state index in [0.717, 1.165) is 24.8 Å². The minimum absolute atomic E-state index is 0.0578. The van der Waals surface area contributed by atoms with E-state index in [2.05, 4.69) is 36.6 Å². The lowest BCUT2D eigenvalue weighted by Gasteiger charge is -2.64. The quantitative estimate of drug-likeness (QED) is 0.154. The third kappa shape index (κ3) is 6.55. The van der Waals surface area contributed by atoms with Crippen LogP contribution in [0.25, 0.3) is 0 Å². The molecule has 0 radical (unpaired) electrons. The first-order valence-corrected chi connectivity index (χ1v) is 22.4. The zero-order valence-corrected chi connectivity index (χ0v) is 34.8. The van der Waals surface area contributed by atoms with Crippen LogP contribution in [0.1, 0.15) is 112 Å². The fraction of sp³-hybridized carbons (Fsp3) is 0.804. The standard InChI is InChI=1S/C46H71N3O8/c1-6-7-26-8-13-30-25(3)41(57-34(30)14-9-26)42(54)44(5,55)35-16-17-46(56)38-37-28(19-43(35,46)4)11-10-27(29-12-15-36(47)48-23-29)20-45(37)21-33(52)32(51)18-31(45)40(53)39(38)49-22-24(2)50/h10-12,15,23-28,30-37,41-42,48-52,54-56H,6-9,13-14,16-22,47H2,1-5H3. The third-order valence-electron chi connectivity index (χ3n) is 17.2. The summed E-state index contributed by atoms with van der Waals surface area (Å²) in [6.45, 7) is 9.94. The van der Waals surface area contributed by atoms with Gasteiger partial charge in [-0.05, 0) is 130 Å². The number of ketones is 1. The molecule has 2 heterocycles. The maximum Gasteiger partial charge on any atom is 0.182 e. The van der Waals surface area contributed by atoms with Crippen molar-refractivity contribution >= 4 is 5.78 Å². The number of nitrogens with one attached hydrogen (secondary N) is 2. The molecule has 4 saturated carbocycles. The minimum atomic E-state index is -1.63. The monoisotopic (exact) mass is 794 g/mol. The molecule has 0 aromatic carbocycles. The molecular weight excluding hydrogens is 723 g/mol. The van der Waals surface area contributed by atoms with Crippen molar-refractivity contribution in [2.75, 3.05) is 6.54 Å². The number of hydrogen-bond acceptors (Lipinski definition) is 11. The maximum atomic E-state index is 15.2. The Bertz CT molecular complexity index is 1680. The second-order valence-electron chi connectivity index (χ2n) is 20.5. The molecule has 0 bridgehead atoms. The predicted octanol–water partition coefficient (Wildman–Crippen LogP) is 3.72. The lowest BCUT2D eigenvalue weighted by Crippen LogP contribution is -2.67. The van der Waals surface area contributed by atoms with Crippen molar-refractivity contribution in [2.45, 2.75) is 166 Å². The van der Waals surface area contributed by atoms with Gasteiger partial charge in [-0.3, -0.25) is 4.79 Å². The van der Waals surface area contributed by atoms with Gasteiger partial charge in [0.05, 0.1) is 53.6 Å². The Kier molecular flexibility index (Phi) is 11.0. The smallest absolute Gasteiger partial charge is 0.182 e. The molecule has 57 heavy (non-hydrogen) atoms. The molecule has 11 heteroatoms. The van der Waals surface area contributed by atoms with Crippen molar-refractivity contribution in [3.8, 4) is 0 Å². The molecule has 2 aliphatic heterocycles. The zero-order chi connectivity index (χ0) is 40.8. The summed E-state index contributed by atoms with van der Waals surface area (Å²) >= 11 is 0. The van der Waals surface area contributed by atoms with Crippen molar-refractivity contribution in [2.24, 2.45) is 63.9 Å². The van der Waals surface area contributed by atoms with E-state index in [1.165, 1.54) is 19.3 Å². The predicted molar refractivity (Wildman–Crippen MR) is 217 cm³/mol. The van der Waals surface area contributed by atoms with Crippen LogP contribution in [0.4, 0.5) is 0 Å². The molecule has 19 atom stereocenters. The van der Waals surface area contributed by atoms with Crippen LogP contribution in [0, 0.1) is 58.2 Å². The number of fused-ring (bicyclic) bond motifs is 3. The second-order valence-corrected chi connectivity index (χ2v) is 20.5. The van der Waals surface area contributed by atoms with E-state index in [9.17, 15) is 30.6 Å². The average Bonchev–Trinajstić information content (AvgIpc) is 3.45. The highest BCUT2D eigenvalue weighted by Crippen LogP contribution is 2.73. The second kappa shape index (κ2) is 15.1. The third-order valence-corrected chi connectivity index (χ3v) is 17.2. The van der Waals surface area contributed by atoms with Crippen LogP contribution >= 0.6 is 0 Å². The van der Waals surface area contributed by atoms with Crippen LogP contribution in [0.3, 0.4) is 0 Å². The van der Waals surface area contributed by atoms with Gasteiger partial charge in [-0.1, -0.05) is 58.3 Å². The van der Waals surface area contributed by atoms with E-state index in [-0.39, 0.29) is 67.5 Å². The summed E-state index contributed by atoms with van der Waals surface area (Å²) < 4.78 is 6.75. The minimum Gasteiger partial charge on any atom is -0.392 e. The van der Waals surface area contributed by atoms with Crippen molar-refractivity contribution in [3.63, 3.8) is 0 Å². The van der Waals surface area contributed by atoms with Crippen molar-refractivity contribution < 1.29 is 40.2 Å². The Hall–Kier alpha value is -2.09. The van der Waals surface area contributed by atoms with Gasteiger partial charge in [-0.25, -0.2) is 0 Å². The summed E-state index contributed by atoms with van der Waals surface area (Å²) in [6.07, 6.45) is 14.2. The molecule has 6 aliphatic carbocycles. The molecule has 1 saturated heterocycles. The van der Waals surface area contributed by atoms with E-state index < -0.39 is 64.4 Å². The summed E-state index contributed by atoms with van der Waals surface area (Å²) in [4.78, 5) is 15.2. The number of ether oxygens (including phenoxy) is 1. The first kappa shape index (κ1) is 41.6. The SMILES string of the molecule is CCCC1CCC2OC(C(O)C(C)(O)C3CCC4(O)C5=C(NCC(C)O)C(=O)C6CC(O)C(O)CC67CC(C6=CNC(N)C=C6)C=CC(CC34C)C57)C(C)C2CC1. The summed E-state index contributed by atoms with van der Waals surface area (Å²) in [5.41, 5.74) is 3.09. The van der Waals surface area contributed by atoms with E-state index in [1.807, 2.05) is 25.3 Å². The summed E-state index contributed by atoms with van der Waals surface area (Å²) in [5.74, 6) is -0.970. The topological polar surface area (TPSA) is 198 Å². The number of hydrogen-bond donors (Lipinski definition) is 9. The van der Waals surface area contributed by atoms with E-state index in [0.29, 0.717) is 42.4 Å². The van der Waals surface area contributed by atoms with Gasteiger partial charge in [-0.2, -0.15) is 0 Å². The number of Topliss-reactive ketones (excluding diaryl/α,β-unsaturated/α-hetero) is 1. The van der Waals surface area contributed by atoms with Crippen molar-refractivity contribution in [1.29, 1.82) is 0 Å². The van der Waals surface area contributed by atoms with Gasteiger partial charge < -0.3 is 51.7 Å². The molecule has 10 N–H and O–H groups in total. The summed E-state index contributed by atoms with van der Waals surface area (Å²) in [7, 11) is 0. The fourth-order valence-corrected chi connectivity index (χ4v) is 14.4. The Morgan fingerprint density at radius 2 is 1.82 bits per heavy atom. The first-order valence-electron chi connectivity index (χ1n) is 22.4. The number of dihydropyridines is 1. The number of carbonyl (C=O) groups excluding carboxylic acids is 1. The highest BCUT2D eigenvalue weighted by molar-refractivity contribution is 6.00. The maximum absolute atomic E-state index is 15.2. The number of allylic oxidation sites excluding steroid dienone is 5. The van der Waals surface area contributed by atoms with Gasteiger partial charge in [0.25, 0.3) is 0 Å². The van der Waals surface area contributed by atoms with Crippen molar-refractivity contribution in [1.82, 2.24) is 10.6 Å². The first-order chi connectivity index (χ1) is 27.0. The highest BCUT2D eigenvalue weighted by Gasteiger charge is 2.73. The Labute approximate surface area is 339 Å². The lowest BCUT2D eigenvalue weighted by molar-refractivity contribution is -0.204. The van der Waals surface area contributed by atoms with Gasteiger partial charge in [-0.15, -0.1) is 0 Å². The molecular formula is C46H71N3O8. The van der Waals surface area contributed by atoms with Crippen LogP contribution in [-0.4, -0.2) is 97.0 Å². The number of carbonyl (C=O) groups is 1. The van der Waals surface area contributed by atoms with E-state index >= 15 is 4.79 Å². The number of rotatable bonds is 9. The fourth-order valence-electron chi connectivity index (χ4n) is 14.4.